The Morgan fingerprint density at radius 3 is 3.05 bits per heavy atom. The van der Waals surface area contributed by atoms with Crippen molar-refractivity contribution in [1.29, 1.82) is 0 Å². The first kappa shape index (κ1) is 14.1. The molecule has 112 valence electrons. The quantitative estimate of drug-likeness (QED) is 0.898. The highest BCUT2D eigenvalue weighted by Gasteiger charge is 2.22. The molecule has 0 radical (unpaired) electrons. The predicted molar refractivity (Wildman–Crippen MR) is 83.2 cm³/mol. The minimum atomic E-state index is 0.195. The molecule has 1 unspecified atom stereocenters. The van der Waals surface area contributed by atoms with Crippen LogP contribution in [-0.4, -0.2) is 47.0 Å². The van der Waals surface area contributed by atoms with Crippen LogP contribution in [-0.2, 0) is 11.2 Å². The summed E-state index contributed by atoms with van der Waals surface area (Å²) in [4.78, 5) is 22.0. The molecule has 5 heteroatoms. The number of imidazole rings is 1. The average Bonchev–Trinajstić information content (AvgIpc) is 3.13. The molecule has 1 aromatic heterocycles. The normalized spacial score (nSPS) is 18.3. The number of para-hydroxylation sites is 1. The number of aromatic amines is 1. The van der Waals surface area contributed by atoms with Crippen LogP contribution < -0.4 is 5.32 Å². The van der Waals surface area contributed by atoms with Crippen molar-refractivity contribution in [3.63, 3.8) is 0 Å². The van der Waals surface area contributed by atoms with Gasteiger partial charge in [-0.15, -0.1) is 0 Å². The van der Waals surface area contributed by atoms with Crippen molar-refractivity contribution < 1.29 is 4.79 Å². The molecule has 1 fully saturated rings. The van der Waals surface area contributed by atoms with Crippen LogP contribution in [0.25, 0.3) is 11.0 Å². The summed E-state index contributed by atoms with van der Waals surface area (Å²) in [7, 11) is 1.91. The zero-order valence-electron chi connectivity index (χ0n) is 12.6. The van der Waals surface area contributed by atoms with Gasteiger partial charge in [0.2, 0.25) is 5.91 Å². The third-order valence-corrected chi connectivity index (χ3v) is 4.31. The van der Waals surface area contributed by atoms with E-state index in [9.17, 15) is 4.79 Å². The zero-order chi connectivity index (χ0) is 14.8. The number of nitrogens with zero attached hydrogens (tertiary/aromatic N) is 2. The van der Waals surface area contributed by atoms with Gasteiger partial charge in [0, 0.05) is 32.5 Å². The molecule has 0 aliphatic carbocycles. The highest BCUT2D eigenvalue weighted by atomic mass is 16.2. The number of aromatic nitrogens is 2. The Labute approximate surface area is 124 Å². The zero-order valence-corrected chi connectivity index (χ0v) is 12.6. The lowest BCUT2D eigenvalue weighted by atomic mass is 10.2. The maximum Gasteiger partial charge on any atom is 0.223 e. The summed E-state index contributed by atoms with van der Waals surface area (Å²) in [6, 6.07) is 6.44. The minimum absolute atomic E-state index is 0.195. The number of nitrogens with one attached hydrogen (secondary N) is 2. The van der Waals surface area contributed by atoms with E-state index >= 15 is 0 Å². The lowest BCUT2D eigenvalue weighted by Crippen LogP contribution is -2.38. The Hall–Kier alpha value is -1.88. The van der Waals surface area contributed by atoms with E-state index in [4.69, 9.17) is 0 Å². The fraction of sp³-hybridized carbons (Fsp3) is 0.500. The van der Waals surface area contributed by atoms with Crippen molar-refractivity contribution in [3.05, 3.63) is 29.6 Å². The number of hydrogen-bond acceptors (Lipinski definition) is 3. The van der Waals surface area contributed by atoms with Crippen molar-refractivity contribution in [2.45, 2.75) is 32.2 Å². The van der Waals surface area contributed by atoms with Gasteiger partial charge in [0.15, 0.2) is 0 Å². The standard InChI is InChI=1S/C16H22N4O/c1-11-4-3-5-13-16(11)19-14(18-13)6-7-15(21)20(2)12-8-9-17-10-12/h3-5,12,17H,6-10H2,1-2H3,(H,18,19). The van der Waals surface area contributed by atoms with Gasteiger partial charge in [0.25, 0.3) is 0 Å². The smallest absolute Gasteiger partial charge is 0.223 e. The highest BCUT2D eigenvalue weighted by Crippen LogP contribution is 2.16. The summed E-state index contributed by atoms with van der Waals surface area (Å²) >= 11 is 0. The molecular weight excluding hydrogens is 264 g/mol. The van der Waals surface area contributed by atoms with Crippen LogP contribution in [0.5, 0.6) is 0 Å². The number of rotatable bonds is 4. The van der Waals surface area contributed by atoms with Crippen LogP contribution in [0.1, 0.15) is 24.2 Å². The second-order valence-corrected chi connectivity index (χ2v) is 5.81. The van der Waals surface area contributed by atoms with Crippen LogP contribution in [0.2, 0.25) is 0 Å². The summed E-state index contributed by atoms with van der Waals surface area (Å²) in [6.07, 6.45) is 2.22. The Morgan fingerprint density at radius 1 is 1.48 bits per heavy atom. The molecule has 0 saturated carbocycles. The molecule has 3 rings (SSSR count). The van der Waals surface area contributed by atoms with Gasteiger partial charge < -0.3 is 15.2 Å². The summed E-state index contributed by atoms with van der Waals surface area (Å²) in [5.41, 5.74) is 3.22. The van der Waals surface area contributed by atoms with Crippen molar-refractivity contribution in [1.82, 2.24) is 20.2 Å². The van der Waals surface area contributed by atoms with Crippen LogP contribution in [0.4, 0.5) is 0 Å². The van der Waals surface area contributed by atoms with E-state index < -0.39 is 0 Å². The third-order valence-electron chi connectivity index (χ3n) is 4.31. The fourth-order valence-electron chi connectivity index (χ4n) is 2.92. The minimum Gasteiger partial charge on any atom is -0.342 e. The molecule has 21 heavy (non-hydrogen) atoms. The Bertz CT molecular complexity index is 643. The van der Waals surface area contributed by atoms with Gasteiger partial charge in [-0.25, -0.2) is 4.98 Å². The molecule has 2 heterocycles. The van der Waals surface area contributed by atoms with Gasteiger partial charge in [0.1, 0.15) is 5.82 Å². The van der Waals surface area contributed by atoms with Crippen LogP contribution in [0.3, 0.4) is 0 Å². The molecule has 1 aliphatic heterocycles. The van der Waals surface area contributed by atoms with E-state index in [1.807, 2.05) is 24.1 Å². The topological polar surface area (TPSA) is 61.0 Å². The van der Waals surface area contributed by atoms with E-state index in [0.29, 0.717) is 18.9 Å². The maximum absolute atomic E-state index is 12.2. The van der Waals surface area contributed by atoms with Gasteiger partial charge in [-0.3, -0.25) is 4.79 Å². The van der Waals surface area contributed by atoms with E-state index in [2.05, 4.69) is 28.3 Å². The molecule has 1 amide bonds. The molecule has 1 atom stereocenters. The average molecular weight is 286 g/mol. The number of aryl methyl sites for hydroxylation is 2. The van der Waals surface area contributed by atoms with Crippen LogP contribution in [0, 0.1) is 6.92 Å². The van der Waals surface area contributed by atoms with E-state index in [0.717, 1.165) is 41.9 Å². The molecular formula is C16H22N4O. The Kier molecular flexibility index (Phi) is 3.92. The van der Waals surface area contributed by atoms with E-state index in [1.165, 1.54) is 0 Å². The van der Waals surface area contributed by atoms with Gasteiger partial charge >= 0.3 is 0 Å². The van der Waals surface area contributed by atoms with Gasteiger partial charge in [0.05, 0.1) is 11.0 Å². The molecule has 2 N–H and O–H groups in total. The second-order valence-electron chi connectivity index (χ2n) is 5.81. The van der Waals surface area contributed by atoms with Crippen molar-refractivity contribution in [2.75, 3.05) is 20.1 Å². The summed E-state index contributed by atoms with van der Waals surface area (Å²) in [6.45, 7) is 3.97. The molecule has 0 bridgehead atoms. The number of amides is 1. The van der Waals surface area contributed by atoms with Gasteiger partial charge in [-0.05, 0) is 31.5 Å². The molecule has 1 aromatic carbocycles. The van der Waals surface area contributed by atoms with E-state index in [-0.39, 0.29) is 5.91 Å². The first-order chi connectivity index (χ1) is 10.1. The monoisotopic (exact) mass is 286 g/mol. The first-order valence-corrected chi connectivity index (χ1v) is 7.56. The van der Waals surface area contributed by atoms with E-state index in [1.54, 1.807) is 0 Å². The van der Waals surface area contributed by atoms with Crippen LogP contribution >= 0.6 is 0 Å². The Morgan fingerprint density at radius 2 is 2.33 bits per heavy atom. The third kappa shape index (κ3) is 2.93. The largest absolute Gasteiger partial charge is 0.342 e. The predicted octanol–water partition coefficient (Wildman–Crippen LogP) is 1.62. The number of H-pyrrole nitrogens is 1. The lowest BCUT2D eigenvalue weighted by Gasteiger charge is -2.23. The summed E-state index contributed by atoms with van der Waals surface area (Å²) < 4.78 is 0. The lowest BCUT2D eigenvalue weighted by molar-refractivity contribution is -0.131. The number of carbonyl (C=O) groups is 1. The molecule has 1 saturated heterocycles. The fourth-order valence-corrected chi connectivity index (χ4v) is 2.92. The summed E-state index contributed by atoms with van der Waals surface area (Å²) in [5, 5.41) is 3.29. The molecule has 2 aromatic rings. The highest BCUT2D eigenvalue weighted by molar-refractivity contribution is 5.79. The van der Waals surface area contributed by atoms with Gasteiger partial charge in [-0.1, -0.05) is 12.1 Å². The van der Waals surface area contributed by atoms with Crippen molar-refractivity contribution >= 4 is 16.9 Å². The number of benzene rings is 1. The van der Waals surface area contributed by atoms with Gasteiger partial charge in [-0.2, -0.15) is 0 Å². The number of likely N-dealkylation sites (N-methyl/N-ethyl adjacent to an activating group) is 1. The van der Waals surface area contributed by atoms with Crippen molar-refractivity contribution in [2.24, 2.45) is 0 Å². The Balaban J connectivity index is 1.63. The van der Waals surface area contributed by atoms with Crippen molar-refractivity contribution in [3.8, 4) is 0 Å². The first-order valence-electron chi connectivity index (χ1n) is 7.56. The second kappa shape index (κ2) is 5.85. The number of hydrogen-bond donors (Lipinski definition) is 2. The molecule has 1 aliphatic rings. The number of fused-ring (bicyclic) bond motifs is 1. The SMILES string of the molecule is Cc1cccc2[nH]c(CCC(=O)N(C)C3CCNC3)nc12. The maximum atomic E-state index is 12.2. The molecule has 0 spiro atoms. The summed E-state index contributed by atoms with van der Waals surface area (Å²) in [5.74, 6) is 1.09. The number of carbonyl (C=O) groups excluding carboxylic acids is 1. The van der Waals surface area contributed by atoms with Crippen LogP contribution in [0.15, 0.2) is 18.2 Å². The molecule has 5 nitrogen and oxygen atoms in total.